The molecule has 6 nitrogen and oxygen atoms in total. The van der Waals surface area contributed by atoms with Crippen LogP contribution in [0.15, 0.2) is 48.5 Å². The summed E-state index contributed by atoms with van der Waals surface area (Å²) in [5, 5.41) is 15.9. The predicted molar refractivity (Wildman–Crippen MR) is 121 cm³/mol. The minimum atomic E-state index is -0.207. The molecular formula is C22H21ClFN5OS. The van der Waals surface area contributed by atoms with Crippen LogP contribution in [0.25, 0.3) is 4.96 Å². The summed E-state index contributed by atoms with van der Waals surface area (Å²) in [4.78, 5) is 10.2. The first-order valence-electron chi connectivity index (χ1n) is 10.1. The number of hydrogen-bond donors (Lipinski definition) is 1. The lowest BCUT2D eigenvalue weighted by atomic mass is 10.0. The van der Waals surface area contributed by atoms with Gasteiger partial charge in [-0.3, -0.25) is 4.90 Å². The number of piperazine rings is 1. The number of hydrogen-bond acceptors (Lipinski definition) is 6. The third-order valence-corrected chi connectivity index (χ3v) is 6.90. The molecule has 0 aliphatic carbocycles. The SMILES string of the molecule is Cc1nc2sc([C@H](c3cccc(Cl)c3)N3CCN(c4ccccc4F)CC3)c(O)n2n1. The fraction of sp³-hybridized carbons (Fsp3) is 0.273. The van der Waals surface area contributed by atoms with Gasteiger partial charge in [-0.05, 0) is 36.8 Å². The normalized spacial score (nSPS) is 16.2. The van der Waals surface area contributed by atoms with Gasteiger partial charge in [0.25, 0.3) is 0 Å². The molecule has 31 heavy (non-hydrogen) atoms. The number of para-hydroxylation sites is 1. The van der Waals surface area contributed by atoms with E-state index in [1.807, 2.05) is 36.4 Å². The van der Waals surface area contributed by atoms with Crippen molar-refractivity contribution in [3.8, 4) is 5.88 Å². The summed E-state index contributed by atoms with van der Waals surface area (Å²) in [5.74, 6) is 0.508. The Morgan fingerprint density at radius 3 is 2.58 bits per heavy atom. The molecule has 0 unspecified atom stereocenters. The largest absolute Gasteiger partial charge is 0.492 e. The fourth-order valence-electron chi connectivity index (χ4n) is 4.16. The minimum Gasteiger partial charge on any atom is -0.492 e. The number of aromatic hydroxyl groups is 1. The number of aryl methyl sites for hydroxylation is 1. The van der Waals surface area contributed by atoms with Crippen LogP contribution in [0.3, 0.4) is 0 Å². The quantitative estimate of drug-likeness (QED) is 0.488. The van der Waals surface area contributed by atoms with E-state index in [-0.39, 0.29) is 17.7 Å². The molecule has 2 aromatic heterocycles. The van der Waals surface area contributed by atoms with Crippen molar-refractivity contribution in [2.45, 2.75) is 13.0 Å². The lowest BCUT2D eigenvalue weighted by Crippen LogP contribution is -2.48. The number of halogens is 2. The molecular weight excluding hydrogens is 437 g/mol. The van der Waals surface area contributed by atoms with Gasteiger partial charge in [0.15, 0.2) is 0 Å². The van der Waals surface area contributed by atoms with E-state index in [2.05, 4.69) is 19.9 Å². The topological polar surface area (TPSA) is 56.9 Å². The molecule has 0 radical (unpaired) electrons. The average molecular weight is 458 g/mol. The molecule has 0 amide bonds. The average Bonchev–Trinajstić information content (AvgIpc) is 3.27. The maximum absolute atomic E-state index is 14.3. The maximum atomic E-state index is 14.3. The van der Waals surface area contributed by atoms with Gasteiger partial charge in [-0.2, -0.15) is 4.52 Å². The summed E-state index contributed by atoms with van der Waals surface area (Å²) in [5.41, 5.74) is 1.61. The van der Waals surface area contributed by atoms with Crippen molar-refractivity contribution in [3.05, 3.63) is 75.6 Å². The Morgan fingerprint density at radius 1 is 1.10 bits per heavy atom. The lowest BCUT2D eigenvalue weighted by molar-refractivity contribution is 0.210. The Labute approximate surface area is 188 Å². The van der Waals surface area contributed by atoms with Gasteiger partial charge in [-0.25, -0.2) is 9.37 Å². The Morgan fingerprint density at radius 2 is 1.87 bits per heavy atom. The van der Waals surface area contributed by atoms with Crippen LogP contribution in [0, 0.1) is 12.7 Å². The number of rotatable bonds is 4. The number of fused-ring (bicyclic) bond motifs is 1. The second-order valence-electron chi connectivity index (χ2n) is 7.58. The molecule has 1 N–H and O–H groups in total. The van der Waals surface area contributed by atoms with Gasteiger partial charge >= 0.3 is 0 Å². The van der Waals surface area contributed by atoms with E-state index >= 15 is 0 Å². The maximum Gasteiger partial charge on any atom is 0.230 e. The van der Waals surface area contributed by atoms with Crippen molar-refractivity contribution in [1.82, 2.24) is 19.5 Å². The van der Waals surface area contributed by atoms with Gasteiger partial charge in [0, 0.05) is 31.2 Å². The van der Waals surface area contributed by atoms with E-state index in [1.165, 1.54) is 21.9 Å². The van der Waals surface area contributed by atoms with Crippen LogP contribution >= 0.6 is 22.9 Å². The molecule has 0 spiro atoms. The lowest BCUT2D eigenvalue weighted by Gasteiger charge is -2.40. The van der Waals surface area contributed by atoms with Gasteiger partial charge in [-0.15, -0.1) is 5.10 Å². The number of nitrogens with zero attached hydrogens (tertiary/aromatic N) is 5. The fourth-order valence-corrected chi connectivity index (χ4v) is 5.52. The summed E-state index contributed by atoms with van der Waals surface area (Å²) >= 11 is 7.72. The zero-order valence-electron chi connectivity index (χ0n) is 16.9. The van der Waals surface area contributed by atoms with Crippen LogP contribution < -0.4 is 4.90 Å². The summed E-state index contributed by atoms with van der Waals surface area (Å²) in [6, 6.07) is 14.4. The highest BCUT2D eigenvalue weighted by Crippen LogP contribution is 2.41. The van der Waals surface area contributed by atoms with E-state index in [4.69, 9.17) is 11.6 Å². The third-order valence-electron chi connectivity index (χ3n) is 5.59. The summed E-state index contributed by atoms with van der Waals surface area (Å²) in [7, 11) is 0. The molecule has 160 valence electrons. The van der Waals surface area contributed by atoms with E-state index in [0.29, 0.717) is 47.7 Å². The van der Waals surface area contributed by atoms with Crippen molar-refractivity contribution in [2.24, 2.45) is 0 Å². The Bertz CT molecular complexity index is 1230. The van der Waals surface area contributed by atoms with Crippen LogP contribution in [0.5, 0.6) is 5.88 Å². The molecule has 1 atom stereocenters. The van der Waals surface area contributed by atoms with E-state index < -0.39 is 0 Å². The molecule has 5 rings (SSSR count). The Hall–Kier alpha value is -2.68. The Balaban J connectivity index is 1.49. The standard InChI is InChI=1S/C22H21ClFN5OS/c1-14-25-22-29(26-14)21(30)20(31-22)19(15-5-4-6-16(23)13-15)28-11-9-27(10-12-28)18-8-3-2-7-17(18)24/h2-8,13,19,30H,9-12H2,1H3/t19-/m0/s1. The summed E-state index contributed by atoms with van der Waals surface area (Å²) < 4.78 is 15.7. The zero-order valence-corrected chi connectivity index (χ0v) is 18.4. The highest BCUT2D eigenvalue weighted by atomic mass is 35.5. The third kappa shape index (κ3) is 3.75. The molecule has 1 aliphatic rings. The molecule has 9 heteroatoms. The molecule has 1 fully saturated rings. The molecule has 0 bridgehead atoms. The molecule has 1 aliphatic heterocycles. The second-order valence-corrected chi connectivity index (χ2v) is 9.02. The van der Waals surface area contributed by atoms with Gasteiger partial charge in [0.1, 0.15) is 11.6 Å². The smallest absolute Gasteiger partial charge is 0.230 e. The highest BCUT2D eigenvalue weighted by molar-refractivity contribution is 7.17. The van der Waals surface area contributed by atoms with Crippen LogP contribution in [0.2, 0.25) is 5.02 Å². The predicted octanol–water partition coefficient (Wildman–Crippen LogP) is 4.51. The number of benzene rings is 2. The first kappa shape index (κ1) is 20.2. The second kappa shape index (κ2) is 8.11. The number of anilines is 1. The monoisotopic (exact) mass is 457 g/mol. The Kier molecular flexibility index (Phi) is 5.29. The number of thiazole rings is 1. The van der Waals surface area contributed by atoms with Crippen LogP contribution in [0.4, 0.5) is 10.1 Å². The van der Waals surface area contributed by atoms with Crippen molar-refractivity contribution >= 4 is 33.6 Å². The van der Waals surface area contributed by atoms with E-state index in [9.17, 15) is 9.50 Å². The van der Waals surface area contributed by atoms with Gasteiger partial charge < -0.3 is 10.0 Å². The van der Waals surface area contributed by atoms with Gasteiger partial charge in [-0.1, -0.05) is 47.2 Å². The summed E-state index contributed by atoms with van der Waals surface area (Å²) in [6.45, 7) is 4.57. The zero-order chi connectivity index (χ0) is 21.5. The van der Waals surface area contributed by atoms with Crippen molar-refractivity contribution in [2.75, 3.05) is 31.1 Å². The highest BCUT2D eigenvalue weighted by Gasteiger charge is 2.32. The summed E-state index contributed by atoms with van der Waals surface area (Å²) in [6.07, 6.45) is 0. The van der Waals surface area contributed by atoms with Gasteiger partial charge in [0.2, 0.25) is 10.8 Å². The van der Waals surface area contributed by atoms with Crippen molar-refractivity contribution in [1.29, 1.82) is 0 Å². The number of aromatic nitrogens is 3. The first-order valence-corrected chi connectivity index (χ1v) is 11.2. The minimum absolute atomic E-state index is 0.0992. The molecule has 3 heterocycles. The molecule has 0 saturated carbocycles. The van der Waals surface area contributed by atoms with E-state index in [0.717, 1.165) is 10.4 Å². The molecule has 4 aromatic rings. The van der Waals surface area contributed by atoms with Crippen LogP contribution in [0.1, 0.15) is 22.3 Å². The molecule has 2 aromatic carbocycles. The van der Waals surface area contributed by atoms with Gasteiger partial charge in [0.05, 0.1) is 16.6 Å². The van der Waals surface area contributed by atoms with E-state index in [1.54, 1.807) is 13.0 Å². The van der Waals surface area contributed by atoms with Crippen LogP contribution in [-0.2, 0) is 0 Å². The van der Waals surface area contributed by atoms with Crippen LogP contribution in [-0.4, -0.2) is 50.8 Å². The van der Waals surface area contributed by atoms with Crippen molar-refractivity contribution in [3.63, 3.8) is 0 Å². The first-order chi connectivity index (χ1) is 15.0. The van der Waals surface area contributed by atoms with Crippen molar-refractivity contribution < 1.29 is 9.50 Å². The molecule has 1 saturated heterocycles.